The van der Waals surface area contributed by atoms with Crippen molar-refractivity contribution in [3.63, 3.8) is 0 Å². The zero-order valence-electron chi connectivity index (χ0n) is 12.9. The summed E-state index contributed by atoms with van der Waals surface area (Å²) in [6, 6.07) is 8.74. The van der Waals surface area contributed by atoms with Crippen molar-refractivity contribution in [1.82, 2.24) is 20.3 Å². The van der Waals surface area contributed by atoms with Crippen LogP contribution in [0.5, 0.6) is 0 Å². The fraction of sp³-hybridized carbons (Fsp3) is 0.0588. The lowest BCUT2D eigenvalue weighted by atomic mass is 10.2. The number of rotatable bonds is 5. The van der Waals surface area contributed by atoms with E-state index in [2.05, 4.69) is 25.6 Å². The quantitative estimate of drug-likeness (QED) is 0.709. The molecule has 126 valence electrons. The van der Waals surface area contributed by atoms with Gasteiger partial charge in [-0.2, -0.15) is 0 Å². The van der Waals surface area contributed by atoms with E-state index in [-0.39, 0.29) is 5.91 Å². The van der Waals surface area contributed by atoms with Crippen LogP contribution in [0.15, 0.2) is 55.1 Å². The molecular weight excluding hydrogens is 361 g/mol. The predicted molar refractivity (Wildman–Crippen MR) is 97.2 cm³/mol. The Kier molecular flexibility index (Phi) is 5.42. The molecule has 0 saturated carbocycles. The van der Waals surface area contributed by atoms with Gasteiger partial charge in [-0.05, 0) is 29.8 Å². The van der Waals surface area contributed by atoms with Crippen molar-refractivity contribution in [2.24, 2.45) is 0 Å². The molecule has 0 saturated heterocycles. The van der Waals surface area contributed by atoms with Crippen LogP contribution in [0.1, 0.15) is 15.9 Å². The van der Waals surface area contributed by atoms with Gasteiger partial charge in [0.15, 0.2) is 0 Å². The van der Waals surface area contributed by atoms with Gasteiger partial charge in [0.2, 0.25) is 5.95 Å². The third-order valence-corrected chi connectivity index (χ3v) is 3.82. The van der Waals surface area contributed by atoms with Crippen LogP contribution in [-0.4, -0.2) is 20.9 Å². The summed E-state index contributed by atoms with van der Waals surface area (Å²) < 4.78 is 0. The van der Waals surface area contributed by atoms with Crippen molar-refractivity contribution in [2.45, 2.75) is 6.54 Å². The molecule has 8 heteroatoms. The van der Waals surface area contributed by atoms with Gasteiger partial charge in [0.25, 0.3) is 5.91 Å². The second kappa shape index (κ2) is 7.92. The maximum absolute atomic E-state index is 12.1. The maximum Gasteiger partial charge on any atom is 0.254 e. The number of carbonyl (C=O) groups excluding carboxylic acids is 1. The second-order valence-electron chi connectivity index (χ2n) is 5.09. The molecule has 3 aromatic rings. The van der Waals surface area contributed by atoms with E-state index in [0.29, 0.717) is 33.8 Å². The topological polar surface area (TPSA) is 79.8 Å². The lowest BCUT2D eigenvalue weighted by Crippen LogP contribution is -2.23. The number of anilines is 2. The third kappa shape index (κ3) is 4.65. The van der Waals surface area contributed by atoms with E-state index in [4.69, 9.17) is 23.2 Å². The minimum Gasteiger partial charge on any atom is -0.348 e. The van der Waals surface area contributed by atoms with Gasteiger partial charge in [0.1, 0.15) is 0 Å². The highest BCUT2D eigenvalue weighted by Gasteiger charge is 2.08. The summed E-state index contributed by atoms with van der Waals surface area (Å²) in [7, 11) is 0. The number of benzene rings is 1. The molecule has 1 aromatic carbocycles. The molecule has 0 unspecified atom stereocenters. The van der Waals surface area contributed by atoms with Crippen LogP contribution in [-0.2, 0) is 6.54 Å². The highest BCUT2D eigenvalue weighted by molar-refractivity contribution is 6.36. The van der Waals surface area contributed by atoms with Crippen molar-refractivity contribution in [1.29, 1.82) is 0 Å². The number of carbonyl (C=O) groups is 1. The Morgan fingerprint density at radius 3 is 2.56 bits per heavy atom. The lowest BCUT2D eigenvalue weighted by molar-refractivity contribution is 0.0950. The summed E-state index contributed by atoms with van der Waals surface area (Å²) in [5.74, 6) is 0.0629. The molecule has 6 nitrogen and oxygen atoms in total. The molecule has 25 heavy (non-hydrogen) atoms. The fourth-order valence-corrected chi connectivity index (χ4v) is 2.46. The average Bonchev–Trinajstić information content (AvgIpc) is 2.63. The Labute approximate surface area is 154 Å². The van der Waals surface area contributed by atoms with Crippen LogP contribution >= 0.6 is 23.2 Å². The van der Waals surface area contributed by atoms with Crippen molar-refractivity contribution < 1.29 is 4.79 Å². The van der Waals surface area contributed by atoms with E-state index < -0.39 is 0 Å². The minimum atomic E-state index is -0.264. The van der Waals surface area contributed by atoms with E-state index >= 15 is 0 Å². The van der Waals surface area contributed by atoms with Gasteiger partial charge in [0.05, 0.1) is 16.3 Å². The molecule has 0 aliphatic heterocycles. The standard InChI is InChI=1S/C17H13Cl2N5O/c18-13-3-4-15(14(19)6-13)24-17-22-9-12(10-23-17)16(25)21-8-11-2-1-5-20-7-11/h1-7,9-10H,8H2,(H,21,25)(H,22,23,24). The molecular formula is C17H13Cl2N5O. The Balaban J connectivity index is 1.62. The largest absolute Gasteiger partial charge is 0.348 e. The summed E-state index contributed by atoms with van der Waals surface area (Å²) in [6.45, 7) is 0.382. The van der Waals surface area contributed by atoms with Gasteiger partial charge in [0, 0.05) is 36.4 Å². The van der Waals surface area contributed by atoms with Crippen LogP contribution in [0, 0.1) is 0 Å². The van der Waals surface area contributed by atoms with Gasteiger partial charge >= 0.3 is 0 Å². The Hall–Kier alpha value is -2.70. The summed E-state index contributed by atoms with van der Waals surface area (Å²) in [5.41, 5.74) is 1.89. The molecule has 0 aliphatic carbocycles. The van der Waals surface area contributed by atoms with Crippen molar-refractivity contribution in [3.8, 4) is 0 Å². The zero-order chi connectivity index (χ0) is 17.6. The molecule has 0 atom stereocenters. The predicted octanol–water partition coefficient (Wildman–Crippen LogP) is 3.85. The number of nitrogens with zero attached hydrogens (tertiary/aromatic N) is 3. The molecule has 2 heterocycles. The van der Waals surface area contributed by atoms with Gasteiger partial charge in [-0.15, -0.1) is 0 Å². The van der Waals surface area contributed by atoms with E-state index in [1.165, 1.54) is 12.4 Å². The summed E-state index contributed by atoms with van der Waals surface area (Å²) >= 11 is 11.9. The molecule has 1 amide bonds. The number of hydrogen-bond donors (Lipinski definition) is 2. The van der Waals surface area contributed by atoms with Gasteiger partial charge < -0.3 is 10.6 Å². The summed E-state index contributed by atoms with van der Waals surface area (Å²) in [6.07, 6.45) is 6.26. The van der Waals surface area contributed by atoms with Crippen LogP contribution in [0.25, 0.3) is 0 Å². The Morgan fingerprint density at radius 1 is 1.08 bits per heavy atom. The molecule has 2 N–H and O–H groups in total. The first-order chi connectivity index (χ1) is 12.1. The lowest BCUT2D eigenvalue weighted by Gasteiger charge is -2.08. The van der Waals surface area contributed by atoms with Gasteiger partial charge in [-0.3, -0.25) is 9.78 Å². The molecule has 0 bridgehead atoms. The number of halogens is 2. The van der Waals surface area contributed by atoms with Crippen molar-refractivity contribution in [3.05, 3.63) is 76.3 Å². The van der Waals surface area contributed by atoms with Gasteiger partial charge in [-0.25, -0.2) is 9.97 Å². The Bertz CT molecular complexity index is 872. The summed E-state index contributed by atoms with van der Waals surface area (Å²) in [5, 5.41) is 6.75. The number of amides is 1. The highest BCUT2D eigenvalue weighted by atomic mass is 35.5. The van der Waals surface area contributed by atoms with Crippen LogP contribution in [0.2, 0.25) is 10.0 Å². The van der Waals surface area contributed by atoms with Gasteiger partial charge in [-0.1, -0.05) is 29.3 Å². The summed E-state index contributed by atoms with van der Waals surface area (Å²) in [4.78, 5) is 24.4. The molecule has 0 radical (unpaired) electrons. The van der Waals surface area contributed by atoms with Crippen molar-refractivity contribution in [2.75, 3.05) is 5.32 Å². The number of aromatic nitrogens is 3. The first-order valence-electron chi connectivity index (χ1n) is 7.33. The maximum atomic E-state index is 12.1. The number of pyridine rings is 1. The van der Waals surface area contributed by atoms with Crippen molar-refractivity contribution >= 4 is 40.7 Å². The zero-order valence-corrected chi connectivity index (χ0v) is 14.4. The van der Waals surface area contributed by atoms with Crippen LogP contribution in [0.4, 0.5) is 11.6 Å². The second-order valence-corrected chi connectivity index (χ2v) is 5.93. The molecule has 0 aliphatic rings. The SMILES string of the molecule is O=C(NCc1cccnc1)c1cnc(Nc2ccc(Cl)cc2Cl)nc1. The average molecular weight is 374 g/mol. The minimum absolute atomic E-state index is 0.264. The Morgan fingerprint density at radius 2 is 1.88 bits per heavy atom. The molecule has 3 rings (SSSR count). The molecule has 0 spiro atoms. The fourth-order valence-electron chi connectivity index (χ4n) is 2.01. The smallest absolute Gasteiger partial charge is 0.254 e. The normalized spacial score (nSPS) is 10.3. The number of nitrogens with one attached hydrogen (secondary N) is 2. The van der Waals surface area contributed by atoms with Crippen LogP contribution in [0.3, 0.4) is 0 Å². The highest BCUT2D eigenvalue weighted by Crippen LogP contribution is 2.27. The van der Waals surface area contributed by atoms with E-state index in [0.717, 1.165) is 5.56 Å². The van der Waals surface area contributed by atoms with Crippen LogP contribution < -0.4 is 10.6 Å². The van der Waals surface area contributed by atoms with E-state index in [9.17, 15) is 4.79 Å². The third-order valence-electron chi connectivity index (χ3n) is 3.27. The monoisotopic (exact) mass is 373 g/mol. The molecule has 0 fully saturated rings. The first-order valence-corrected chi connectivity index (χ1v) is 8.08. The molecule has 2 aromatic heterocycles. The van der Waals surface area contributed by atoms with E-state index in [1.807, 2.05) is 12.1 Å². The first kappa shape index (κ1) is 17.1. The number of hydrogen-bond acceptors (Lipinski definition) is 5. The van der Waals surface area contributed by atoms with E-state index in [1.54, 1.807) is 30.6 Å².